The van der Waals surface area contributed by atoms with E-state index in [2.05, 4.69) is 21.2 Å². The molecule has 0 aliphatic rings. The van der Waals surface area contributed by atoms with Crippen molar-refractivity contribution in [3.8, 4) is 0 Å². The number of hydrogen-bond donors (Lipinski definition) is 1. The van der Waals surface area contributed by atoms with Crippen LogP contribution in [0.3, 0.4) is 0 Å². The smallest absolute Gasteiger partial charge is 0.255 e. The quantitative estimate of drug-likeness (QED) is 0.787. The Morgan fingerprint density at radius 2 is 1.80 bits per heavy atom. The summed E-state index contributed by atoms with van der Waals surface area (Å²) in [6.07, 6.45) is 0. The predicted octanol–water partition coefficient (Wildman–Crippen LogP) is 5.01. The van der Waals surface area contributed by atoms with Crippen LogP contribution in [0, 0.1) is 13.8 Å². The van der Waals surface area contributed by atoms with E-state index >= 15 is 0 Å². The van der Waals surface area contributed by atoms with E-state index in [4.69, 9.17) is 0 Å². The molecule has 2 nitrogen and oxygen atoms in total. The summed E-state index contributed by atoms with van der Waals surface area (Å²) >= 11 is 3.55. The first kappa shape index (κ1) is 14.8. The minimum atomic E-state index is -0.0631. The molecule has 0 heterocycles. The number of benzene rings is 2. The van der Waals surface area contributed by atoms with Crippen LogP contribution < -0.4 is 5.32 Å². The van der Waals surface area contributed by atoms with Crippen molar-refractivity contribution in [2.75, 3.05) is 5.32 Å². The predicted molar refractivity (Wildman–Crippen MR) is 87.7 cm³/mol. The summed E-state index contributed by atoms with van der Waals surface area (Å²) in [4.78, 5) is 12.6. The zero-order valence-corrected chi connectivity index (χ0v) is 13.5. The molecule has 0 bridgehead atoms. The fourth-order valence-electron chi connectivity index (χ4n) is 2.14. The summed E-state index contributed by atoms with van der Waals surface area (Å²) in [7, 11) is 0. The van der Waals surface area contributed by atoms with Gasteiger partial charge >= 0.3 is 0 Å². The monoisotopic (exact) mass is 331 g/mol. The second kappa shape index (κ2) is 6.23. The molecular weight excluding hydrogens is 314 g/mol. The minimum Gasteiger partial charge on any atom is -0.322 e. The van der Waals surface area contributed by atoms with Gasteiger partial charge in [0.2, 0.25) is 0 Å². The van der Waals surface area contributed by atoms with E-state index in [1.165, 1.54) is 0 Å². The van der Waals surface area contributed by atoms with Crippen LogP contribution in [0.4, 0.5) is 5.69 Å². The first-order valence-electron chi connectivity index (χ1n) is 6.61. The molecule has 3 heteroatoms. The third-order valence-corrected chi connectivity index (χ3v) is 3.98. The Hall–Kier alpha value is -1.61. The largest absolute Gasteiger partial charge is 0.322 e. The second-order valence-corrected chi connectivity index (χ2v) is 6.28. The van der Waals surface area contributed by atoms with Crippen LogP contribution in [0.1, 0.15) is 38.8 Å². The molecule has 1 amide bonds. The van der Waals surface area contributed by atoms with Crippen molar-refractivity contribution in [1.82, 2.24) is 0 Å². The highest BCUT2D eigenvalue weighted by atomic mass is 79.9. The average molecular weight is 332 g/mol. The minimum absolute atomic E-state index is 0.0631. The normalized spacial score (nSPS) is 12.0. The summed E-state index contributed by atoms with van der Waals surface area (Å²) in [6, 6.07) is 13.6. The number of anilines is 1. The molecule has 1 N–H and O–H groups in total. The van der Waals surface area contributed by atoms with Crippen LogP contribution >= 0.6 is 15.9 Å². The van der Waals surface area contributed by atoms with Gasteiger partial charge in [0, 0.05) is 16.1 Å². The molecule has 0 aliphatic carbocycles. The molecule has 20 heavy (non-hydrogen) atoms. The highest BCUT2D eigenvalue weighted by Gasteiger charge is 2.13. The van der Waals surface area contributed by atoms with Gasteiger partial charge in [0.25, 0.3) is 5.91 Å². The van der Waals surface area contributed by atoms with Crippen molar-refractivity contribution in [3.05, 3.63) is 64.7 Å². The molecule has 1 atom stereocenters. The first-order chi connectivity index (χ1) is 9.50. The molecule has 0 fully saturated rings. The van der Waals surface area contributed by atoms with Crippen molar-refractivity contribution < 1.29 is 4.79 Å². The lowest BCUT2D eigenvalue weighted by Crippen LogP contribution is -2.15. The Balaban J connectivity index is 2.31. The number of alkyl halides is 1. The van der Waals surface area contributed by atoms with Gasteiger partial charge in [0.1, 0.15) is 0 Å². The van der Waals surface area contributed by atoms with Crippen molar-refractivity contribution >= 4 is 27.5 Å². The fourth-order valence-corrected chi connectivity index (χ4v) is 2.54. The van der Waals surface area contributed by atoms with Crippen LogP contribution in [-0.2, 0) is 0 Å². The number of rotatable bonds is 3. The van der Waals surface area contributed by atoms with Gasteiger partial charge in [-0.1, -0.05) is 46.3 Å². The lowest BCUT2D eigenvalue weighted by atomic mass is 10.0. The Bertz CT molecular complexity index is 635. The lowest BCUT2D eigenvalue weighted by molar-refractivity contribution is 0.102. The number of carbonyl (C=O) groups excluding carboxylic acids is 1. The molecule has 0 spiro atoms. The maximum absolute atomic E-state index is 12.4. The summed E-state index contributed by atoms with van der Waals surface area (Å²) in [5, 5.41) is 3.01. The zero-order chi connectivity index (χ0) is 14.7. The molecule has 2 aromatic rings. The van der Waals surface area contributed by atoms with Crippen LogP contribution in [0.25, 0.3) is 0 Å². The summed E-state index contributed by atoms with van der Waals surface area (Å²) in [6.45, 7) is 6.03. The van der Waals surface area contributed by atoms with Crippen molar-refractivity contribution in [2.45, 2.75) is 25.6 Å². The Morgan fingerprint density at radius 3 is 2.50 bits per heavy atom. The first-order valence-corrected chi connectivity index (χ1v) is 7.53. The Morgan fingerprint density at radius 1 is 1.10 bits per heavy atom. The number of carbonyl (C=O) groups is 1. The number of nitrogens with one attached hydrogen (secondary N) is 1. The molecular formula is C17H18BrNO. The molecule has 2 aromatic carbocycles. The number of aryl methyl sites for hydroxylation is 1. The molecule has 104 valence electrons. The van der Waals surface area contributed by atoms with Crippen molar-refractivity contribution in [2.24, 2.45) is 0 Å². The lowest BCUT2D eigenvalue weighted by Gasteiger charge is -2.14. The van der Waals surface area contributed by atoms with E-state index < -0.39 is 0 Å². The third kappa shape index (κ3) is 3.10. The summed E-state index contributed by atoms with van der Waals surface area (Å²) < 4.78 is 0. The number of amides is 1. The molecule has 0 radical (unpaired) electrons. The van der Waals surface area contributed by atoms with E-state index in [9.17, 15) is 4.79 Å². The number of hydrogen-bond acceptors (Lipinski definition) is 1. The molecule has 0 aliphatic heterocycles. The van der Waals surface area contributed by atoms with Crippen LogP contribution in [0.15, 0.2) is 42.5 Å². The van der Waals surface area contributed by atoms with E-state index in [-0.39, 0.29) is 10.7 Å². The SMILES string of the molecule is Cc1cccc(C(=O)Nc2ccccc2C(C)Br)c1C. The van der Waals surface area contributed by atoms with Gasteiger partial charge in [0.05, 0.1) is 0 Å². The zero-order valence-electron chi connectivity index (χ0n) is 11.9. The average Bonchev–Trinajstić information content (AvgIpc) is 2.42. The molecule has 0 saturated heterocycles. The van der Waals surface area contributed by atoms with Crippen molar-refractivity contribution in [3.63, 3.8) is 0 Å². The van der Waals surface area contributed by atoms with Gasteiger partial charge in [-0.2, -0.15) is 0 Å². The standard InChI is InChI=1S/C17H18BrNO/c1-11-7-6-9-14(12(11)2)17(20)19-16-10-5-4-8-15(16)13(3)18/h4-10,13H,1-3H3,(H,19,20). The second-order valence-electron chi connectivity index (χ2n) is 4.90. The van der Waals surface area contributed by atoms with Crippen LogP contribution in [0.2, 0.25) is 0 Å². The number of para-hydroxylation sites is 1. The third-order valence-electron chi connectivity index (χ3n) is 3.49. The summed E-state index contributed by atoms with van der Waals surface area (Å²) in [5.74, 6) is -0.0631. The Labute approximate surface area is 128 Å². The van der Waals surface area contributed by atoms with E-state index in [1.54, 1.807) is 0 Å². The van der Waals surface area contributed by atoms with Gasteiger partial charge in [0.15, 0.2) is 0 Å². The van der Waals surface area contributed by atoms with Crippen molar-refractivity contribution in [1.29, 1.82) is 0 Å². The van der Waals surface area contributed by atoms with Gasteiger partial charge < -0.3 is 5.32 Å². The maximum Gasteiger partial charge on any atom is 0.255 e. The topological polar surface area (TPSA) is 29.1 Å². The van der Waals surface area contributed by atoms with Gasteiger partial charge in [-0.15, -0.1) is 0 Å². The van der Waals surface area contributed by atoms with E-state index in [0.29, 0.717) is 0 Å². The van der Waals surface area contributed by atoms with E-state index in [1.807, 2.05) is 63.2 Å². The highest BCUT2D eigenvalue weighted by molar-refractivity contribution is 9.09. The summed E-state index contributed by atoms with van der Waals surface area (Å²) in [5.41, 5.74) is 4.80. The van der Waals surface area contributed by atoms with E-state index in [0.717, 1.165) is 27.9 Å². The highest BCUT2D eigenvalue weighted by Crippen LogP contribution is 2.29. The number of halogens is 1. The van der Waals surface area contributed by atoms with Crippen LogP contribution in [-0.4, -0.2) is 5.91 Å². The van der Waals surface area contributed by atoms with Gasteiger partial charge in [-0.25, -0.2) is 0 Å². The Kier molecular flexibility index (Phi) is 4.61. The molecule has 2 rings (SSSR count). The fraction of sp³-hybridized carbons (Fsp3) is 0.235. The van der Waals surface area contributed by atoms with Gasteiger partial charge in [-0.3, -0.25) is 4.79 Å². The van der Waals surface area contributed by atoms with Crippen LogP contribution in [0.5, 0.6) is 0 Å². The molecule has 1 unspecified atom stereocenters. The molecule has 0 saturated carbocycles. The molecule has 0 aromatic heterocycles. The maximum atomic E-state index is 12.4. The van der Waals surface area contributed by atoms with Gasteiger partial charge in [-0.05, 0) is 49.6 Å².